The topological polar surface area (TPSA) is 80.6 Å². The van der Waals surface area contributed by atoms with Crippen molar-refractivity contribution in [1.29, 1.82) is 15.8 Å². The first-order chi connectivity index (χ1) is 5.10. The van der Waals surface area contributed by atoms with E-state index in [1.807, 2.05) is 0 Å². The van der Waals surface area contributed by atoms with Crippen molar-refractivity contribution >= 4 is 6.35 Å². The Balaban J connectivity index is 4.54. The van der Waals surface area contributed by atoms with Crippen molar-refractivity contribution in [1.82, 2.24) is 0 Å². The molecule has 0 aliphatic carbocycles. The zero-order valence-corrected chi connectivity index (χ0v) is 6.40. The van der Waals surface area contributed by atoms with Gasteiger partial charge >= 0.3 is 6.35 Å². The number of rotatable bonds is 2. The van der Waals surface area contributed by atoms with Crippen molar-refractivity contribution in [3.05, 3.63) is 0 Å². The molecule has 0 rings (SSSR count). The highest BCUT2D eigenvalue weighted by molar-refractivity contribution is 6.94. The van der Waals surface area contributed by atoms with Crippen LogP contribution >= 0.6 is 0 Å². The molecule has 0 radical (unpaired) electrons. The van der Waals surface area contributed by atoms with Gasteiger partial charge in [0.05, 0.1) is 0 Å². The summed E-state index contributed by atoms with van der Waals surface area (Å²) in [4.78, 5) is 0. The Morgan fingerprint density at radius 1 is 1.09 bits per heavy atom. The van der Waals surface area contributed by atoms with Crippen LogP contribution in [0.3, 0.4) is 0 Å². The summed E-state index contributed by atoms with van der Waals surface area (Å²) in [7, 11) is 0. The number of hydrogen-bond acceptors (Lipinski definition) is 4. The molecule has 0 aromatic rings. The van der Waals surface area contributed by atoms with Crippen molar-refractivity contribution in [3.63, 3.8) is 0 Å². The first kappa shape index (κ1) is 9.49. The lowest BCUT2D eigenvalue weighted by Gasteiger charge is -2.22. The standard InChI is InChI=1S/C6H7BN3O/c1-6(2)11-7(3-8,4-9)5-10/h6H,1-2H3/q-1. The van der Waals surface area contributed by atoms with Gasteiger partial charge in [-0.05, 0) is 13.8 Å². The highest BCUT2D eigenvalue weighted by atomic mass is 16.5. The molecule has 0 saturated carbocycles. The molecule has 0 saturated heterocycles. The van der Waals surface area contributed by atoms with Crippen LogP contribution in [-0.4, -0.2) is 12.5 Å². The molecule has 11 heavy (non-hydrogen) atoms. The molecule has 56 valence electrons. The van der Waals surface area contributed by atoms with E-state index in [1.165, 1.54) is 0 Å². The first-order valence-electron chi connectivity index (χ1n) is 3.16. The van der Waals surface area contributed by atoms with Gasteiger partial charge in [0.25, 0.3) is 0 Å². The second kappa shape index (κ2) is 3.61. The summed E-state index contributed by atoms with van der Waals surface area (Å²) in [5, 5.41) is 25.3. The Morgan fingerprint density at radius 3 is 1.55 bits per heavy atom. The Bertz CT molecular complexity index is 218. The maximum absolute atomic E-state index is 8.43. The van der Waals surface area contributed by atoms with Crippen molar-refractivity contribution in [2.45, 2.75) is 20.0 Å². The molecule has 4 nitrogen and oxygen atoms in total. The highest BCUT2D eigenvalue weighted by Crippen LogP contribution is 2.04. The minimum Gasteiger partial charge on any atom is -0.555 e. The van der Waals surface area contributed by atoms with Gasteiger partial charge in [0.2, 0.25) is 0 Å². The highest BCUT2D eigenvalue weighted by Gasteiger charge is 2.26. The van der Waals surface area contributed by atoms with Gasteiger partial charge in [0.1, 0.15) is 0 Å². The van der Waals surface area contributed by atoms with Crippen LogP contribution in [0.1, 0.15) is 13.8 Å². The quantitative estimate of drug-likeness (QED) is 0.535. The van der Waals surface area contributed by atoms with Crippen LogP contribution in [0.15, 0.2) is 0 Å². The van der Waals surface area contributed by atoms with Gasteiger partial charge in [-0.15, -0.1) is 0 Å². The van der Waals surface area contributed by atoms with Crippen molar-refractivity contribution in [3.8, 4) is 17.9 Å². The van der Waals surface area contributed by atoms with Gasteiger partial charge in [-0.2, -0.15) is 0 Å². The fourth-order valence-corrected chi connectivity index (χ4v) is 0.586. The minimum absolute atomic E-state index is 0.283. The zero-order chi connectivity index (χ0) is 8.91. The van der Waals surface area contributed by atoms with Gasteiger partial charge in [0.15, 0.2) is 0 Å². The minimum atomic E-state index is -2.58. The van der Waals surface area contributed by atoms with Crippen LogP contribution in [0.25, 0.3) is 0 Å². The Hall–Kier alpha value is -1.51. The van der Waals surface area contributed by atoms with E-state index >= 15 is 0 Å². The van der Waals surface area contributed by atoms with E-state index < -0.39 is 6.35 Å². The summed E-state index contributed by atoms with van der Waals surface area (Å²) in [6.45, 7) is 3.34. The van der Waals surface area contributed by atoms with E-state index in [-0.39, 0.29) is 6.10 Å². The lowest BCUT2D eigenvalue weighted by molar-refractivity contribution is 0.245. The second-order valence-corrected chi connectivity index (χ2v) is 2.36. The van der Waals surface area contributed by atoms with Gasteiger partial charge < -0.3 is 4.65 Å². The molecule has 0 aliphatic rings. The summed E-state index contributed by atoms with van der Waals surface area (Å²) < 4.78 is 4.86. The maximum Gasteiger partial charge on any atom is 0.408 e. The first-order valence-corrected chi connectivity index (χ1v) is 3.16. The summed E-state index contributed by atoms with van der Waals surface area (Å²) in [6, 6.07) is 0. The maximum atomic E-state index is 8.43. The van der Waals surface area contributed by atoms with Crippen molar-refractivity contribution < 1.29 is 4.65 Å². The average Bonchev–Trinajstić information content (AvgIpc) is 2.00. The molecule has 0 aromatic carbocycles. The molecule has 0 fully saturated rings. The Morgan fingerprint density at radius 2 is 1.45 bits per heavy atom. The second-order valence-electron chi connectivity index (χ2n) is 2.36. The fraction of sp³-hybridized carbons (Fsp3) is 0.500. The molecule has 0 aromatic heterocycles. The largest absolute Gasteiger partial charge is 0.555 e. The van der Waals surface area contributed by atoms with Crippen LogP contribution in [-0.2, 0) is 4.65 Å². The van der Waals surface area contributed by atoms with E-state index in [9.17, 15) is 0 Å². The molecular formula is C6H7BN3O-. The van der Waals surface area contributed by atoms with Gasteiger partial charge in [0, 0.05) is 6.10 Å². The number of hydrogen-bond donors (Lipinski definition) is 0. The Labute approximate surface area is 65.5 Å². The van der Waals surface area contributed by atoms with Gasteiger partial charge in [-0.25, -0.2) is 15.8 Å². The molecule has 0 unspecified atom stereocenters. The van der Waals surface area contributed by atoms with E-state index in [1.54, 1.807) is 31.8 Å². The molecule has 0 aliphatic heterocycles. The zero-order valence-electron chi connectivity index (χ0n) is 6.40. The lowest BCUT2D eigenvalue weighted by Crippen LogP contribution is -2.36. The lowest BCUT2D eigenvalue weighted by atomic mass is 9.44. The average molecular weight is 148 g/mol. The van der Waals surface area contributed by atoms with E-state index in [0.29, 0.717) is 0 Å². The van der Waals surface area contributed by atoms with Crippen LogP contribution in [0, 0.1) is 33.7 Å². The molecule has 0 N–H and O–H groups in total. The summed E-state index contributed by atoms with van der Waals surface area (Å²) in [5.41, 5.74) is 0. The molecule has 0 spiro atoms. The molecule has 0 bridgehead atoms. The molecular weight excluding hydrogens is 141 g/mol. The van der Waals surface area contributed by atoms with Crippen LogP contribution < -0.4 is 0 Å². The third kappa shape index (κ3) is 2.30. The normalized spacial score (nSPS) is 9.82. The third-order valence-corrected chi connectivity index (χ3v) is 1.02. The van der Waals surface area contributed by atoms with Crippen molar-refractivity contribution in [2.24, 2.45) is 0 Å². The van der Waals surface area contributed by atoms with E-state index in [0.717, 1.165) is 0 Å². The third-order valence-electron chi connectivity index (χ3n) is 1.02. The van der Waals surface area contributed by atoms with Crippen LogP contribution in [0.2, 0.25) is 0 Å². The summed E-state index contributed by atoms with van der Waals surface area (Å²) in [5.74, 6) is 4.69. The van der Waals surface area contributed by atoms with Crippen LogP contribution in [0.5, 0.6) is 0 Å². The Kier molecular flexibility index (Phi) is 3.12. The van der Waals surface area contributed by atoms with Crippen molar-refractivity contribution in [2.75, 3.05) is 0 Å². The fourth-order valence-electron chi connectivity index (χ4n) is 0.586. The number of nitrogens with zero attached hydrogens (tertiary/aromatic N) is 3. The van der Waals surface area contributed by atoms with Gasteiger partial charge in [-0.3, -0.25) is 0 Å². The van der Waals surface area contributed by atoms with E-state index in [4.69, 9.17) is 20.4 Å². The predicted octanol–water partition coefficient (Wildman–Crippen LogP) is 0.545. The predicted molar refractivity (Wildman–Crippen MR) is 38.8 cm³/mol. The molecule has 0 heterocycles. The summed E-state index contributed by atoms with van der Waals surface area (Å²) >= 11 is 0. The monoisotopic (exact) mass is 148 g/mol. The van der Waals surface area contributed by atoms with E-state index in [2.05, 4.69) is 0 Å². The van der Waals surface area contributed by atoms with Gasteiger partial charge in [-0.1, -0.05) is 17.9 Å². The molecule has 0 amide bonds. The molecule has 5 heteroatoms. The molecule has 0 atom stereocenters. The SMILES string of the molecule is CC(C)O[B-](C#N)(C#N)C#N. The number of nitriles is 3. The smallest absolute Gasteiger partial charge is 0.408 e. The summed E-state index contributed by atoms with van der Waals surface area (Å²) in [6.07, 6.45) is -2.86. The van der Waals surface area contributed by atoms with Crippen LogP contribution in [0.4, 0.5) is 0 Å².